The van der Waals surface area contributed by atoms with E-state index in [1.54, 1.807) is 0 Å². The summed E-state index contributed by atoms with van der Waals surface area (Å²) in [5, 5.41) is 3.52. The number of benzene rings is 2. The number of hydrogen-bond acceptors (Lipinski definition) is 2. The Morgan fingerprint density at radius 1 is 1.05 bits per heavy atom. The van der Waals surface area contributed by atoms with Crippen molar-refractivity contribution in [3.63, 3.8) is 0 Å². The Labute approximate surface area is 133 Å². The molecule has 1 aliphatic heterocycles. The molecule has 1 heterocycles. The fourth-order valence-corrected chi connectivity index (χ4v) is 4.30. The molecule has 0 radical (unpaired) electrons. The molecular weight excluding hydrogens is 268 g/mol. The fourth-order valence-electron chi connectivity index (χ4n) is 4.30. The molecule has 0 amide bonds. The van der Waals surface area contributed by atoms with Crippen LogP contribution in [0.15, 0.2) is 48.5 Å². The highest BCUT2D eigenvalue weighted by Gasteiger charge is 2.36. The molecule has 1 saturated heterocycles. The van der Waals surface area contributed by atoms with E-state index in [1.165, 1.54) is 28.7 Å². The summed E-state index contributed by atoms with van der Waals surface area (Å²) in [6, 6.07) is 18.2. The predicted molar refractivity (Wildman–Crippen MR) is 91.9 cm³/mol. The van der Waals surface area contributed by atoms with Crippen LogP contribution in [0.2, 0.25) is 0 Å². The van der Waals surface area contributed by atoms with Crippen molar-refractivity contribution in [1.29, 1.82) is 0 Å². The van der Waals surface area contributed by atoms with E-state index in [2.05, 4.69) is 72.7 Å². The van der Waals surface area contributed by atoms with Crippen molar-refractivity contribution >= 4 is 0 Å². The summed E-state index contributed by atoms with van der Waals surface area (Å²) < 4.78 is 0. The van der Waals surface area contributed by atoms with Gasteiger partial charge in [0.05, 0.1) is 6.04 Å². The van der Waals surface area contributed by atoms with Crippen LogP contribution >= 0.6 is 0 Å². The molecule has 1 N–H and O–H groups in total. The summed E-state index contributed by atoms with van der Waals surface area (Å²) >= 11 is 0. The van der Waals surface area contributed by atoms with Gasteiger partial charge in [-0.25, -0.2) is 0 Å². The van der Waals surface area contributed by atoms with Gasteiger partial charge in [0.15, 0.2) is 0 Å². The van der Waals surface area contributed by atoms with Gasteiger partial charge in [0.25, 0.3) is 0 Å². The molecule has 1 aliphatic carbocycles. The zero-order valence-corrected chi connectivity index (χ0v) is 13.5. The summed E-state index contributed by atoms with van der Waals surface area (Å²) in [4.78, 5) is 2.55. The molecule has 0 aromatic heterocycles. The molecule has 4 rings (SSSR count). The second-order valence-corrected chi connectivity index (χ2v) is 7.23. The Morgan fingerprint density at radius 2 is 1.64 bits per heavy atom. The number of rotatable bonds is 3. The molecule has 1 unspecified atom stereocenters. The summed E-state index contributed by atoms with van der Waals surface area (Å²) in [6.45, 7) is 5.83. The van der Waals surface area contributed by atoms with Crippen LogP contribution in [0.5, 0.6) is 0 Å². The van der Waals surface area contributed by atoms with Crippen LogP contribution in [0.25, 0.3) is 11.1 Å². The lowest BCUT2D eigenvalue weighted by atomic mass is 9.88. The molecular formula is C20H24N2. The van der Waals surface area contributed by atoms with E-state index in [4.69, 9.17) is 0 Å². The van der Waals surface area contributed by atoms with Gasteiger partial charge in [-0.15, -0.1) is 0 Å². The maximum Gasteiger partial charge on any atom is 0.0611 e. The summed E-state index contributed by atoms with van der Waals surface area (Å²) in [7, 11) is 2.28. The molecule has 22 heavy (non-hydrogen) atoms. The molecule has 2 heteroatoms. The molecule has 114 valence electrons. The molecule has 1 atom stereocenters. The molecule has 0 spiro atoms. The van der Waals surface area contributed by atoms with E-state index >= 15 is 0 Å². The highest BCUT2D eigenvalue weighted by atomic mass is 15.1. The average Bonchev–Trinajstić information content (AvgIpc) is 3.09. The highest BCUT2D eigenvalue weighted by molar-refractivity contribution is 5.78. The topological polar surface area (TPSA) is 15.3 Å². The van der Waals surface area contributed by atoms with Crippen molar-refractivity contribution in [1.82, 2.24) is 10.2 Å². The standard InChI is InChI=1S/C20H24N2/c1-20(11-12-21-13-20)14-22(2)19-17-9-5-3-7-15(17)16-8-4-6-10-18(16)19/h3-10,19,21H,11-14H2,1-2H3. The second-order valence-electron chi connectivity index (χ2n) is 7.23. The first-order chi connectivity index (χ1) is 10.7. The average molecular weight is 292 g/mol. The highest BCUT2D eigenvalue weighted by Crippen LogP contribution is 2.46. The summed E-state index contributed by atoms with van der Waals surface area (Å²) in [5.74, 6) is 0. The molecule has 0 bridgehead atoms. The van der Waals surface area contributed by atoms with Crippen molar-refractivity contribution in [2.75, 3.05) is 26.7 Å². The van der Waals surface area contributed by atoms with Crippen molar-refractivity contribution in [3.8, 4) is 11.1 Å². The lowest BCUT2D eigenvalue weighted by Gasteiger charge is -2.34. The van der Waals surface area contributed by atoms with E-state index in [0.29, 0.717) is 11.5 Å². The first kappa shape index (κ1) is 14.0. The Kier molecular flexibility index (Phi) is 3.32. The van der Waals surface area contributed by atoms with Gasteiger partial charge in [0.1, 0.15) is 0 Å². The van der Waals surface area contributed by atoms with E-state index in [0.717, 1.165) is 19.6 Å². The second kappa shape index (κ2) is 5.22. The molecule has 2 nitrogen and oxygen atoms in total. The van der Waals surface area contributed by atoms with Gasteiger partial charge in [0.2, 0.25) is 0 Å². The van der Waals surface area contributed by atoms with Crippen LogP contribution < -0.4 is 5.32 Å². The van der Waals surface area contributed by atoms with Crippen molar-refractivity contribution in [2.45, 2.75) is 19.4 Å². The fraction of sp³-hybridized carbons (Fsp3) is 0.400. The molecule has 2 aromatic carbocycles. The molecule has 0 saturated carbocycles. The minimum Gasteiger partial charge on any atom is -0.316 e. The van der Waals surface area contributed by atoms with Gasteiger partial charge >= 0.3 is 0 Å². The third-order valence-electron chi connectivity index (χ3n) is 5.33. The van der Waals surface area contributed by atoms with Crippen LogP contribution in [0.3, 0.4) is 0 Å². The van der Waals surface area contributed by atoms with Gasteiger partial charge in [-0.3, -0.25) is 4.90 Å². The van der Waals surface area contributed by atoms with Crippen LogP contribution in [-0.2, 0) is 0 Å². The zero-order valence-electron chi connectivity index (χ0n) is 13.5. The maximum absolute atomic E-state index is 3.52. The Balaban J connectivity index is 1.72. The van der Waals surface area contributed by atoms with Crippen LogP contribution in [0.4, 0.5) is 0 Å². The van der Waals surface area contributed by atoms with E-state index in [9.17, 15) is 0 Å². The number of hydrogen-bond donors (Lipinski definition) is 1. The van der Waals surface area contributed by atoms with Gasteiger partial charge in [0, 0.05) is 13.1 Å². The SMILES string of the molecule is CN(CC1(C)CCNC1)C1c2ccccc2-c2ccccc21. The summed E-state index contributed by atoms with van der Waals surface area (Å²) in [5.41, 5.74) is 6.12. The number of fused-ring (bicyclic) bond motifs is 3. The zero-order chi connectivity index (χ0) is 15.2. The molecule has 2 aliphatic rings. The minimum absolute atomic E-state index is 0.390. The van der Waals surface area contributed by atoms with E-state index in [1.807, 2.05) is 0 Å². The van der Waals surface area contributed by atoms with E-state index < -0.39 is 0 Å². The third-order valence-corrected chi connectivity index (χ3v) is 5.33. The maximum atomic E-state index is 3.52. The lowest BCUT2D eigenvalue weighted by molar-refractivity contribution is 0.181. The Bertz CT molecular complexity index is 640. The van der Waals surface area contributed by atoms with Gasteiger partial charge in [-0.1, -0.05) is 55.5 Å². The van der Waals surface area contributed by atoms with E-state index in [-0.39, 0.29) is 0 Å². The Hall–Kier alpha value is -1.64. The Morgan fingerprint density at radius 3 is 2.18 bits per heavy atom. The molecule has 1 fully saturated rings. The lowest BCUT2D eigenvalue weighted by Crippen LogP contribution is -2.37. The minimum atomic E-state index is 0.390. The molecule has 2 aromatic rings. The normalized spacial score (nSPS) is 23.8. The van der Waals surface area contributed by atoms with Crippen LogP contribution in [0.1, 0.15) is 30.5 Å². The monoisotopic (exact) mass is 292 g/mol. The quantitative estimate of drug-likeness (QED) is 0.928. The van der Waals surface area contributed by atoms with Crippen molar-refractivity contribution < 1.29 is 0 Å². The van der Waals surface area contributed by atoms with Crippen molar-refractivity contribution in [2.24, 2.45) is 5.41 Å². The number of nitrogens with one attached hydrogen (secondary N) is 1. The first-order valence-corrected chi connectivity index (χ1v) is 8.27. The van der Waals surface area contributed by atoms with Gasteiger partial charge < -0.3 is 5.32 Å². The smallest absolute Gasteiger partial charge is 0.0611 e. The van der Waals surface area contributed by atoms with Gasteiger partial charge in [-0.05, 0) is 47.7 Å². The number of nitrogens with zero attached hydrogens (tertiary/aromatic N) is 1. The summed E-state index contributed by atoms with van der Waals surface area (Å²) in [6.07, 6.45) is 1.27. The predicted octanol–water partition coefficient (Wildman–Crippen LogP) is 3.69. The first-order valence-electron chi connectivity index (χ1n) is 8.27. The van der Waals surface area contributed by atoms with Crippen LogP contribution in [-0.4, -0.2) is 31.6 Å². The van der Waals surface area contributed by atoms with Crippen molar-refractivity contribution in [3.05, 3.63) is 59.7 Å². The third kappa shape index (κ3) is 2.18. The van der Waals surface area contributed by atoms with Crippen LogP contribution in [0, 0.1) is 5.41 Å². The largest absolute Gasteiger partial charge is 0.316 e. The van der Waals surface area contributed by atoms with Gasteiger partial charge in [-0.2, -0.15) is 0 Å².